The van der Waals surface area contributed by atoms with Crippen molar-refractivity contribution in [1.82, 2.24) is 15.2 Å². The number of piperazine rings is 1. The van der Waals surface area contributed by atoms with Gasteiger partial charge in [-0.25, -0.2) is 4.39 Å². The first kappa shape index (κ1) is 24.0. The van der Waals surface area contributed by atoms with Crippen LogP contribution >= 0.6 is 0 Å². The maximum Gasteiger partial charge on any atom is 0.231 e. The van der Waals surface area contributed by atoms with Gasteiger partial charge in [-0.2, -0.15) is 0 Å². The van der Waals surface area contributed by atoms with Gasteiger partial charge in [0.1, 0.15) is 5.82 Å². The summed E-state index contributed by atoms with van der Waals surface area (Å²) in [5.41, 5.74) is 5.45. The van der Waals surface area contributed by atoms with E-state index in [0.29, 0.717) is 12.1 Å². The lowest BCUT2D eigenvalue weighted by Gasteiger charge is -2.36. The molecule has 1 aliphatic heterocycles. The summed E-state index contributed by atoms with van der Waals surface area (Å²) in [6.07, 6.45) is 0.275. The zero-order valence-electron chi connectivity index (χ0n) is 20.4. The van der Waals surface area contributed by atoms with E-state index in [1.165, 1.54) is 17.7 Å². The predicted molar refractivity (Wildman–Crippen MR) is 135 cm³/mol. The lowest BCUT2D eigenvalue weighted by molar-refractivity contribution is -0.117. The summed E-state index contributed by atoms with van der Waals surface area (Å²) < 4.78 is 13.2. The van der Waals surface area contributed by atoms with Crippen LogP contribution in [0.15, 0.2) is 60.7 Å². The van der Waals surface area contributed by atoms with Crippen molar-refractivity contribution in [2.24, 2.45) is 0 Å². The molecule has 3 aromatic rings. The molecule has 0 unspecified atom stereocenters. The first-order valence-corrected chi connectivity index (χ1v) is 11.8. The van der Waals surface area contributed by atoms with Gasteiger partial charge >= 0.3 is 0 Å². The first-order chi connectivity index (χ1) is 16.3. The maximum atomic E-state index is 13.2. The summed E-state index contributed by atoms with van der Waals surface area (Å²) in [4.78, 5) is 21.8. The molecule has 4 rings (SSSR count). The Morgan fingerprint density at radius 1 is 1.03 bits per heavy atom. The number of carbonyl (C=O) groups excluding carboxylic acids is 1. The number of nitrogens with zero attached hydrogens (tertiary/aromatic N) is 3. The maximum absolute atomic E-state index is 13.2. The Bertz CT molecular complexity index is 1120. The minimum Gasteiger partial charge on any atom is -0.315 e. The van der Waals surface area contributed by atoms with Crippen LogP contribution < -0.4 is 10.2 Å². The standard InChI is InChI=1S/C28H33FN4O/c1-19-16-33(17-20(2)30-19)18-22-5-12-26(13-6-22)32(4)28(34)15-24-9-14-27(31-21(24)3)23-7-10-25(29)11-8-23/h5-14,19-20,30H,15-18H2,1-4H3/t19-,20+. The molecule has 1 N–H and O–H groups in total. The Balaban J connectivity index is 1.38. The van der Waals surface area contributed by atoms with Crippen LogP contribution in [0.4, 0.5) is 10.1 Å². The highest BCUT2D eigenvalue weighted by atomic mass is 19.1. The van der Waals surface area contributed by atoms with Gasteiger partial charge in [0.15, 0.2) is 0 Å². The van der Waals surface area contributed by atoms with Gasteiger partial charge in [-0.1, -0.05) is 18.2 Å². The number of hydrogen-bond acceptors (Lipinski definition) is 4. The van der Waals surface area contributed by atoms with Crippen LogP contribution in [0.25, 0.3) is 11.3 Å². The van der Waals surface area contributed by atoms with Gasteiger partial charge in [0, 0.05) is 55.7 Å². The smallest absolute Gasteiger partial charge is 0.231 e. The van der Waals surface area contributed by atoms with Crippen molar-refractivity contribution in [3.63, 3.8) is 0 Å². The molecule has 178 valence electrons. The van der Waals surface area contributed by atoms with E-state index in [1.807, 2.05) is 38.2 Å². The molecule has 0 spiro atoms. The fraction of sp³-hybridized carbons (Fsp3) is 0.357. The minimum atomic E-state index is -0.272. The summed E-state index contributed by atoms with van der Waals surface area (Å²) in [6, 6.07) is 19.3. The molecule has 0 radical (unpaired) electrons. The number of rotatable bonds is 6. The number of amides is 1. The second-order valence-corrected chi connectivity index (χ2v) is 9.41. The van der Waals surface area contributed by atoms with E-state index in [2.05, 4.69) is 41.2 Å². The molecular weight excluding hydrogens is 427 g/mol. The highest BCUT2D eigenvalue weighted by Gasteiger charge is 2.21. The fourth-order valence-corrected chi connectivity index (χ4v) is 4.64. The number of hydrogen-bond donors (Lipinski definition) is 1. The largest absolute Gasteiger partial charge is 0.315 e. The first-order valence-electron chi connectivity index (χ1n) is 11.8. The average Bonchev–Trinajstić information content (AvgIpc) is 2.80. The van der Waals surface area contributed by atoms with Crippen LogP contribution in [-0.4, -0.2) is 48.0 Å². The van der Waals surface area contributed by atoms with E-state index in [0.717, 1.165) is 47.8 Å². The number of carbonyl (C=O) groups is 1. The van der Waals surface area contributed by atoms with E-state index < -0.39 is 0 Å². The molecule has 1 aliphatic rings. The summed E-state index contributed by atoms with van der Waals surface area (Å²) >= 11 is 0. The molecule has 1 saturated heterocycles. The number of aromatic nitrogens is 1. The second-order valence-electron chi connectivity index (χ2n) is 9.41. The number of halogens is 1. The van der Waals surface area contributed by atoms with Crippen molar-refractivity contribution in [3.05, 3.63) is 83.3 Å². The Hall–Kier alpha value is -3.09. The summed E-state index contributed by atoms with van der Waals surface area (Å²) in [5, 5.41) is 3.56. The molecule has 1 fully saturated rings. The van der Waals surface area contributed by atoms with E-state index in [-0.39, 0.29) is 18.1 Å². The van der Waals surface area contributed by atoms with Crippen molar-refractivity contribution >= 4 is 11.6 Å². The second kappa shape index (κ2) is 10.5. The monoisotopic (exact) mass is 460 g/mol. The Kier molecular flexibility index (Phi) is 7.39. The third-order valence-electron chi connectivity index (χ3n) is 6.41. The van der Waals surface area contributed by atoms with Crippen molar-refractivity contribution < 1.29 is 9.18 Å². The van der Waals surface area contributed by atoms with Gasteiger partial charge < -0.3 is 10.2 Å². The number of pyridine rings is 1. The number of anilines is 1. The Morgan fingerprint density at radius 3 is 2.29 bits per heavy atom. The Morgan fingerprint density at radius 2 is 1.68 bits per heavy atom. The lowest BCUT2D eigenvalue weighted by atomic mass is 10.1. The van der Waals surface area contributed by atoms with Gasteiger partial charge in [-0.05, 0) is 74.4 Å². The SMILES string of the molecule is Cc1nc(-c2ccc(F)cc2)ccc1CC(=O)N(C)c1ccc(CN2C[C@@H](C)N[C@@H](C)C2)cc1. The third-order valence-corrected chi connectivity index (χ3v) is 6.41. The summed E-state index contributed by atoms with van der Waals surface area (Å²) in [5.74, 6) is -0.260. The van der Waals surface area contributed by atoms with Crippen LogP contribution in [-0.2, 0) is 17.8 Å². The van der Waals surface area contributed by atoms with Crippen LogP contribution in [0, 0.1) is 12.7 Å². The van der Waals surface area contributed by atoms with Gasteiger partial charge in [0.2, 0.25) is 5.91 Å². The van der Waals surface area contributed by atoms with Crippen LogP contribution in [0.5, 0.6) is 0 Å². The molecule has 6 heteroatoms. The lowest BCUT2D eigenvalue weighted by Crippen LogP contribution is -2.53. The number of nitrogens with one attached hydrogen (secondary N) is 1. The zero-order chi connectivity index (χ0) is 24.2. The number of likely N-dealkylation sites (N-methyl/N-ethyl adjacent to an activating group) is 1. The topological polar surface area (TPSA) is 48.5 Å². The van der Waals surface area contributed by atoms with E-state index in [9.17, 15) is 9.18 Å². The molecule has 1 aromatic heterocycles. The number of aryl methyl sites for hydroxylation is 1. The number of benzene rings is 2. The van der Waals surface area contributed by atoms with Gasteiger partial charge in [-0.15, -0.1) is 0 Å². The van der Waals surface area contributed by atoms with Gasteiger partial charge in [-0.3, -0.25) is 14.7 Å². The van der Waals surface area contributed by atoms with Crippen LogP contribution in [0.3, 0.4) is 0 Å². The highest BCUT2D eigenvalue weighted by Crippen LogP contribution is 2.21. The van der Waals surface area contributed by atoms with Crippen LogP contribution in [0.1, 0.15) is 30.7 Å². The molecule has 5 nitrogen and oxygen atoms in total. The van der Waals surface area contributed by atoms with Crippen molar-refractivity contribution in [2.75, 3.05) is 25.0 Å². The van der Waals surface area contributed by atoms with Crippen LogP contribution in [0.2, 0.25) is 0 Å². The Labute approximate surface area is 201 Å². The van der Waals surface area contributed by atoms with Crippen molar-refractivity contribution in [2.45, 2.75) is 45.8 Å². The van der Waals surface area contributed by atoms with Crippen molar-refractivity contribution in [3.8, 4) is 11.3 Å². The molecular formula is C28H33FN4O. The third kappa shape index (κ3) is 5.88. The molecule has 0 saturated carbocycles. The van der Waals surface area contributed by atoms with Gasteiger partial charge in [0.25, 0.3) is 0 Å². The molecule has 2 heterocycles. The molecule has 34 heavy (non-hydrogen) atoms. The van der Waals surface area contributed by atoms with Gasteiger partial charge in [0.05, 0.1) is 12.1 Å². The van der Waals surface area contributed by atoms with Crippen molar-refractivity contribution in [1.29, 1.82) is 0 Å². The molecule has 2 aromatic carbocycles. The van der Waals surface area contributed by atoms with E-state index >= 15 is 0 Å². The molecule has 1 amide bonds. The normalized spacial score (nSPS) is 18.6. The quantitative estimate of drug-likeness (QED) is 0.585. The summed E-state index contributed by atoms with van der Waals surface area (Å²) in [7, 11) is 1.81. The van der Waals surface area contributed by atoms with E-state index in [4.69, 9.17) is 0 Å². The molecule has 2 atom stereocenters. The minimum absolute atomic E-state index is 0.0111. The fourth-order valence-electron chi connectivity index (χ4n) is 4.64. The zero-order valence-corrected chi connectivity index (χ0v) is 20.4. The average molecular weight is 461 g/mol. The van der Waals surface area contributed by atoms with E-state index in [1.54, 1.807) is 17.0 Å². The highest BCUT2D eigenvalue weighted by molar-refractivity contribution is 5.94. The molecule has 0 aliphatic carbocycles. The predicted octanol–water partition coefficient (Wildman–Crippen LogP) is 4.58. The molecule has 0 bridgehead atoms. The summed E-state index contributed by atoms with van der Waals surface area (Å²) in [6.45, 7) is 9.34.